The largest absolute Gasteiger partial charge is 0.493 e. The van der Waals surface area contributed by atoms with Crippen LogP contribution in [0, 0.1) is 6.92 Å². The Morgan fingerprint density at radius 2 is 1.84 bits per heavy atom. The van der Waals surface area contributed by atoms with Gasteiger partial charge in [-0.15, -0.1) is 24.0 Å². The van der Waals surface area contributed by atoms with Crippen molar-refractivity contribution in [3.05, 3.63) is 65.9 Å². The molecular weight excluding hydrogens is 519 g/mol. The van der Waals surface area contributed by atoms with E-state index in [4.69, 9.17) is 9.47 Å². The fraction of sp³-hybridized carbons (Fsp3) is 0.348. The molecule has 2 heterocycles. The van der Waals surface area contributed by atoms with Crippen LogP contribution in [0.2, 0.25) is 0 Å². The number of aromatic nitrogens is 3. The topological polar surface area (TPSA) is 76.8 Å². The van der Waals surface area contributed by atoms with Crippen molar-refractivity contribution >= 4 is 29.9 Å². The number of aliphatic imine (C=N–C) groups is 1. The van der Waals surface area contributed by atoms with Crippen molar-refractivity contribution in [2.75, 3.05) is 34.9 Å². The summed E-state index contributed by atoms with van der Waals surface area (Å²) in [6.07, 6.45) is 6.41. The number of halogens is 1. The SMILES string of the molecule is CN=C(NCc1ccc(-n2ccnc2C)nc1)N(C)CCc1ccc(OC)c(OC)c1.I. The number of hydrogen-bond donors (Lipinski definition) is 1. The molecule has 0 aliphatic heterocycles. The molecule has 8 nitrogen and oxygen atoms in total. The number of hydrogen-bond acceptors (Lipinski definition) is 5. The fourth-order valence-electron chi connectivity index (χ4n) is 3.29. The van der Waals surface area contributed by atoms with Crippen LogP contribution in [0.5, 0.6) is 11.5 Å². The van der Waals surface area contributed by atoms with Crippen LogP contribution < -0.4 is 14.8 Å². The predicted molar refractivity (Wildman–Crippen MR) is 138 cm³/mol. The highest BCUT2D eigenvalue weighted by atomic mass is 127. The quantitative estimate of drug-likeness (QED) is 0.263. The minimum Gasteiger partial charge on any atom is -0.493 e. The Bertz CT molecular complexity index is 1020. The first-order valence-corrected chi connectivity index (χ1v) is 10.1. The molecule has 3 rings (SSSR count). The number of rotatable bonds is 8. The van der Waals surface area contributed by atoms with Gasteiger partial charge in [0.15, 0.2) is 17.5 Å². The fourth-order valence-corrected chi connectivity index (χ4v) is 3.29. The highest BCUT2D eigenvalue weighted by molar-refractivity contribution is 14.0. The second-order valence-corrected chi connectivity index (χ2v) is 7.13. The normalized spacial score (nSPS) is 11.0. The summed E-state index contributed by atoms with van der Waals surface area (Å²) in [7, 11) is 7.11. The molecule has 9 heteroatoms. The van der Waals surface area contributed by atoms with E-state index in [1.54, 1.807) is 27.5 Å². The number of benzene rings is 1. The lowest BCUT2D eigenvalue weighted by Crippen LogP contribution is -2.39. The summed E-state index contributed by atoms with van der Waals surface area (Å²) in [5.74, 6) is 4.08. The zero-order valence-electron chi connectivity index (χ0n) is 19.2. The number of pyridine rings is 1. The number of aryl methyl sites for hydroxylation is 1. The molecule has 0 saturated carbocycles. The van der Waals surface area contributed by atoms with Crippen LogP contribution in [0.4, 0.5) is 0 Å². The molecule has 0 amide bonds. The molecule has 0 spiro atoms. The third-order valence-corrected chi connectivity index (χ3v) is 5.09. The van der Waals surface area contributed by atoms with E-state index < -0.39 is 0 Å². The van der Waals surface area contributed by atoms with Crippen LogP contribution in [-0.2, 0) is 13.0 Å². The average Bonchev–Trinajstić information content (AvgIpc) is 3.24. The third kappa shape index (κ3) is 6.35. The summed E-state index contributed by atoms with van der Waals surface area (Å²) in [6, 6.07) is 10.1. The van der Waals surface area contributed by atoms with Gasteiger partial charge in [-0.1, -0.05) is 12.1 Å². The Kier molecular flexibility index (Phi) is 9.76. The zero-order chi connectivity index (χ0) is 22.2. The minimum atomic E-state index is 0. The maximum atomic E-state index is 5.39. The number of imidazole rings is 1. The lowest BCUT2D eigenvalue weighted by atomic mass is 10.1. The Balaban J connectivity index is 0.00000363. The highest BCUT2D eigenvalue weighted by Crippen LogP contribution is 2.27. The average molecular weight is 550 g/mol. The summed E-state index contributed by atoms with van der Waals surface area (Å²) >= 11 is 0. The Hall–Kier alpha value is -2.82. The van der Waals surface area contributed by atoms with E-state index in [0.29, 0.717) is 6.54 Å². The maximum Gasteiger partial charge on any atom is 0.193 e. The monoisotopic (exact) mass is 550 g/mol. The van der Waals surface area contributed by atoms with Crippen molar-refractivity contribution in [1.82, 2.24) is 24.8 Å². The van der Waals surface area contributed by atoms with Crippen molar-refractivity contribution in [2.24, 2.45) is 4.99 Å². The number of guanidine groups is 1. The van der Waals surface area contributed by atoms with E-state index in [0.717, 1.165) is 47.6 Å². The lowest BCUT2D eigenvalue weighted by molar-refractivity contribution is 0.354. The van der Waals surface area contributed by atoms with Gasteiger partial charge in [0, 0.05) is 45.8 Å². The van der Waals surface area contributed by atoms with Crippen LogP contribution in [-0.4, -0.2) is 60.3 Å². The van der Waals surface area contributed by atoms with Gasteiger partial charge in [-0.2, -0.15) is 0 Å². The molecule has 0 fully saturated rings. The number of nitrogens with one attached hydrogen (secondary N) is 1. The molecule has 1 N–H and O–H groups in total. The summed E-state index contributed by atoms with van der Waals surface area (Å²) < 4.78 is 12.7. The molecule has 0 radical (unpaired) electrons. The Morgan fingerprint density at radius 1 is 1.09 bits per heavy atom. The number of likely N-dealkylation sites (N-methyl/N-ethyl adjacent to an activating group) is 1. The van der Waals surface area contributed by atoms with Gasteiger partial charge in [0.25, 0.3) is 0 Å². The van der Waals surface area contributed by atoms with Gasteiger partial charge in [-0.25, -0.2) is 9.97 Å². The van der Waals surface area contributed by atoms with Gasteiger partial charge in [-0.05, 0) is 42.7 Å². The second kappa shape index (κ2) is 12.3. The summed E-state index contributed by atoms with van der Waals surface area (Å²) in [6.45, 7) is 3.41. The number of ether oxygens (including phenoxy) is 2. The van der Waals surface area contributed by atoms with Crippen LogP contribution in [0.1, 0.15) is 17.0 Å². The van der Waals surface area contributed by atoms with E-state index in [1.165, 1.54) is 5.56 Å². The van der Waals surface area contributed by atoms with Gasteiger partial charge in [-0.3, -0.25) is 9.56 Å². The van der Waals surface area contributed by atoms with E-state index in [1.807, 2.05) is 49.1 Å². The zero-order valence-corrected chi connectivity index (χ0v) is 21.5. The van der Waals surface area contributed by atoms with Crippen LogP contribution in [0.15, 0.2) is 53.9 Å². The van der Waals surface area contributed by atoms with Crippen molar-refractivity contribution in [3.63, 3.8) is 0 Å². The highest BCUT2D eigenvalue weighted by Gasteiger charge is 2.09. The smallest absolute Gasteiger partial charge is 0.193 e. The predicted octanol–water partition coefficient (Wildman–Crippen LogP) is 3.46. The molecule has 172 valence electrons. The van der Waals surface area contributed by atoms with Crippen molar-refractivity contribution < 1.29 is 9.47 Å². The molecule has 0 aliphatic carbocycles. The Morgan fingerprint density at radius 3 is 2.44 bits per heavy atom. The maximum absolute atomic E-state index is 5.39. The second-order valence-electron chi connectivity index (χ2n) is 7.13. The molecule has 0 unspecified atom stereocenters. The number of methoxy groups -OCH3 is 2. The van der Waals surface area contributed by atoms with Crippen molar-refractivity contribution in [2.45, 2.75) is 19.9 Å². The van der Waals surface area contributed by atoms with Crippen LogP contribution in [0.3, 0.4) is 0 Å². The van der Waals surface area contributed by atoms with Crippen LogP contribution >= 0.6 is 24.0 Å². The van der Waals surface area contributed by atoms with E-state index >= 15 is 0 Å². The molecule has 32 heavy (non-hydrogen) atoms. The molecule has 2 aromatic heterocycles. The van der Waals surface area contributed by atoms with Gasteiger partial charge in [0.2, 0.25) is 0 Å². The summed E-state index contributed by atoms with van der Waals surface area (Å²) in [5.41, 5.74) is 2.26. The third-order valence-electron chi connectivity index (χ3n) is 5.09. The molecule has 0 saturated heterocycles. The molecular formula is C23H31IN6O2. The molecule has 0 aliphatic rings. The summed E-state index contributed by atoms with van der Waals surface area (Å²) in [4.78, 5) is 15.3. The molecule has 1 aromatic carbocycles. The minimum absolute atomic E-state index is 0. The van der Waals surface area contributed by atoms with Gasteiger partial charge >= 0.3 is 0 Å². The lowest BCUT2D eigenvalue weighted by Gasteiger charge is -2.22. The first-order valence-electron chi connectivity index (χ1n) is 10.1. The number of nitrogens with zero attached hydrogens (tertiary/aromatic N) is 5. The Labute approximate surface area is 206 Å². The first-order chi connectivity index (χ1) is 15.0. The molecule has 3 aromatic rings. The van der Waals surface area contributed by atoms with Crippen molar-refractivity contribution in [1.29, 1.82) is 0 Å². The van der Waals surface area contributed by atoms with Gasteiger partial charge in [0.05, 0.1) is 14.2 Å². The van der Waals surface area contributed by atoms with Crippen molar-refractivity contribution in [3.8, 4) is 17.3 Å². The van der Waals surface area contributed by atoms with E-state index in [-0.39, 0.29) is 24.0 Å². The molecule has 0 bridgehead atoms. The first kappa shape index (κ1) is 25.4. The van der Waals surface area contributed by atoms with E-state index in [2.05, 4.69) is 37.3 Å². The van der Waals surface area contributed by atoms with E-state index in [9.17, 15) is 0 Å². The molecule has 0 atom stereocenters. The van der Waals surface area contributed by atoms with Gasteiger partial charge < -0.3 is 19.7 Å². The standard InChI is InChI=1S/C23H30N6O2.HI/c1-17-25-11-13-29(17)22-9-7-19(15-26-22)16-27-23(24-2)28(3)12-10-18-6-8-20(30-4)21(14-18)31-5;/h6-9,11,13-15H,10,12,16H2,1-5H3,(H,24,27);1H. The van der Waals surface area contributed by atoms with Crippen LogP contribution in [0.25, 0.3) is 5.82 Å². The summed E-state index contributed by atoms with van der Waals surface area (Å²) in [5, 5.41) is 3.40. The van der Waals surface area contributed by atoms with Gasteiger partial charge in [0.1, 0.15) is 11.6 Å².